The molecule has 0 N–H and O–H groups in total. The molecule has 2 aromatic rings. The van der Waals surface area contributed by atoms with Gasteiger partial charge in [0.25, 0.3) is 9.79 Å². The summed E-state index contributed by atoms with van der Waals surface area (Å²) in [5, 5.41) is 7.75. The highest BCUT2D eigenvalue weighted by Crippen LogP contribution is 2.35. The van der Waals surface area contributed by atoms with E-state index in [9.17, 15) is 0 Å². The van der Waals surface area contributed by atoms with E-state index in [1.807, 2.05) is 40.8 Å². The number of ether oxygens (including phenoxy) is 1. The predicted molar refractivity (Wildman–Crippen MR) is 60.5 cm³/mol. The first-order valence-corrected chi connectivity index (χ1v) is 5.64. The summed E-state index contributed by atoms with van der Waals surface area (Å²) in [6.07, 6.45) is 0.674. The van der Waals surface area contributed by atoms with Gasteiger partial charge in [-0.15, -0.1) is 10.2 Å². The molecule has 0 bridgehead atoms. The van der Waals surface area contributed by atoms with E-state index in [4.69, 9.17) is 9.15 Å². The molecule has 1 aliphatic rings. The van der Waals surface area contributed by atoms with Crippen LogP contribution in [0.4, 0.5) is 0 Å². The Balaban J connectivity index is 1.90. The third-order valence-corrected chi connectivity index (χ3v) is 2.77. The number of fused-ring (bicyclic) bond motifs is 1. The van der Waals surface area contributed by atoms with Crippen LogP contribution in [0.2, 0.25) is 0 Å². The van der Waals surface area contributed by atoms with Gasteiger partial charge in [-0.2, -0.15) is 0 Å². The van der Waals surface area contributed by atoms with Crippen molar-refractivity contribution < 1.29 is 9.15 Å². The van der Waals surface area contributed by atoms with E-state index in [1.165, 1.54) is 5.56 Å². The largest absolute Gasteiger partial charge is 0.480 e. The minimum absolute atomic E-state index is 0.126. The Kier molecular flexibility index (Phi) is 2.12. The molecule has 76 valence electrons. The van der Waals surface area contributed by atoms with Crippen molar-refractivity contribution in [1.29, 1.82) is 0 Å². The van der Waals surface area contributed by atoms with Gasteiger partial charge in [-0.1, -0.05) is 18.2 Å². The Labute approximate surface area is 99.8 Å². The third-order valence-electron chi connectivity index (χ3n) is 2.34. The fourth-order valence-electron chi connectivity index (χ4n) is 1.67. The van der Waals surface area contributed by atoms with Gasteiger partial charge in [0.1, 0.15) is 5.75 Å². The van der Waals surface area contributed by atoms with Gasteiger partial charge >= 0.3 is 0 Å². The topological polar surface area (TPSA) is 48.2 Å². The zero-order chi connectivity index (χ0) is 10.3. The Morgan fingerprint density at radius 3 is 2.87 bits per heavy atom. The summed E-state index contributed by atoms with van der Waals surface area (Å²) in [5.74, 6) is 1.46. The van der Waals surface area contributed by atoms with Gasteiger partial charge in [0.05, 0.1) is 0 Å². The van der Waals surface area contributed by atoms with Crippen LogP contribution >= 0.6 is 22.6 Å². The molecule has 0 radical (unpaired) electrons. The zero-order valence-corrected chi connectivity index (χ0v) is 9.84. The molecule has 15 heavy (non-hydrogen) atoms. The van der Waals surface area contributed by atoms with Gasteiger partial charge in [0.2, 0.25) is 0 Å². The molecule has 1 unspecified atom stereocenters. The average molecular weight is 314 g/mol. The third kappa shape index (κ3) is 1.60. The molecule has 3 rings (SSSR count). The normalized spacial score (nSPS) is 18.6. The fourth-order valence-corrected chi connectivity index (χ4v) is 2.00. The number of hydrogen-bond donors (Lipinski definition) is 0. The Hall–Kier alpha value is -1.11. The van der Waals surface area contributed by atoms with Crippen LogP contribution in [-0.4, -0.2) is 10.2 Å². The van der Waals surface area contributed by atoms with Gasteiger partial charge in [-0.05, 0) is 11.6 Å². The minimum Gasteiger partial charge on any atom is -0.480 e. The van der Waals surface area contributed by atoms with Crippen LogP contribution in [0.3, 0.4) is 0 Å². The first-order valence-electron chi connectivity index (χ1n) is 4.56. The van der Waals surface area contributed by atoms with Crippen molar-refractivity contribution in [3.8, 4) is 5.75 Å². The molecular weight excluding hydrogens is 307 g/mol. The fraction of sp³-hybridized carbons (Fsp3) is 0.200. The number of aromatic nitrogens is 2. The lowest BCUT2D eigenvalue weighted by Gasteiger charge is -2.03. The van der Waals surface area contributed by atoms with Gasteiger partial charge < -0.3 is 9.15 Å². The number of benzene rings is 1. The van der Waals surface area contributed by atoms with E-state index in [0.29, 0.717) is 9.79 Å². The summed E-state index contributed by atoms with van der Waals surface area (Å²) < 4.78 is 11.6. The molecule has 4 nitrogen and oxygen atoms in total. The summed E-state index contributed by atoms with van der Waals surface area (Å²) in [6.45, 7) is 0. The second-order valence-electron chi connectivity index (χ2n) is 3.31. The molecule has 0 fully saturated rings. The molecule has 0 spiro atoms. The second-order valence-corrected chi connectivity index (χ2v) is 4.23. The number of para-hydroxylation sites is 1. The van der Waals surface area contributed by atoms with Crippen molar-refractivity contribution in [2.75, 3.05) is 0 Å². The van der Waals surface area contributed by atoms with Crippen molar-refractivity contribution in [1.82, 2.24) is 10.2 Å². The van der Waals surface area contributed by atoms with Crippen molar-refractivity contribution >= 4 is 22.6 Å². The van der Waals surface area contributed by atoms with Crippen LogP contribution in [0.5, 0.6) is 5.75 Å². The SMILES string of the molecule is Ic1nnc(C2Cc3ccccc3O2)o1. The molecular formula is C10H7IN2O2. The summed E-state index contributed by atoms with van der Waals surface area (Å²) in [7, 11) is 0. The molecule has 0 saturated carbocycles. The second kappa shape index (κ2) is 3.48. The van der Waals surface area contributed by atoms with E-state index in [-0.39, 0.29) is 6.10 Å². The molecule has 1 aromatic heterocycles. The van der Waals surface area contributed by atoms with E-state index < -0.39 is 0 Å². The van der Waals surface area contributed by atoms with Crippen LogP contribution < -0.4 is 4.74 Å². The molecule has 0 aliphatic carbocycles. The van der Waals surface area contributed by atoms with E-state index in [0.717, 1.165) is 12.2 Å². The van der Waals surface area contributed by atoms with Gasteiger partial charge in [0.15, 0.2) is 6.10 Å². The number of halogens is 1. The summed E-state index contributed by atoms with van der Waals surface area (Å²) >= 11 is 1.99. The number of rotatable bonds is 1. The highest BCUT2D eigenvalue weighted by Gasteiger charge is 2.28. The van der Waals surface area contributed by atoms with Crippen molar-refractivity contribution in [2.24, 2.45) is 0 Å². The Bertz CT molecular complexity index is 473. The lowest BCUT2D eigenvalue weighted by Crippen LogP contribution is -2.03. The number of hydrogen-bond acceptors (Lipinski definition) is 4. The van der Waals surface area contributed by atoms with E-state index in [2.05, 4.69) is 16.3 Å². The van der Waals surface area contributed by atoms with E-state index in [1.54, 1.807) is 0 Å². The first-order chi connectivity index (χ1) is 7.33. The van der Waals surface area contributed by atoms with Crippen LogP contribution in [0.1, 0.15) is 17.6 Å². The molecule has 5 heteroatoms. The maximum atomic E-state index is 5.71. The highest BCUT2D eigenvalue weighted by atomic mass is 127. The van der Waals surface area contributed by atoms with Crippen molar-refractivity contribution in [3.63, 3.8) is 0 Å². The Morgan fingerprint density at radius 1 is 1.27 bits per heavy atom. The lowest BCUT2D eigenvalue weighted by atomic mass is 10.1. The maximum Gasteiger partial charge on any atom is 0.278 e. The highest BCUT2D eigenvalue weighted by molar-refractivity contribution is 14.1. The molecule has 1 aliphatic heterocycles. The zero-order valence-electron chi connectivity index (χ0n) is 7.68. The summed E-state index contributed by atoms with van der Waals surface area (Å²) in [6, 6.07) is 7.97. The van der Waals surface area contributed by atoms with Crippen molar-refractivity contribution in [2.45, 2.75) is 12.5 Å². The molecule has 1 aromatic carbocycles. The standard InChI is InChI=1S/C10H7IN2O2/c11-10-13-12-9(15-10)8-5-6-3-1-2-4-7(6)14-8/h1-4,8H,5H2. The van der Waals surface area contributed by atoms with Gasteiger partial charge in [-0.3, -0.25) is 0 Å². The monoisotopic (exact) mass is 314 g/mol. The smallest absolute Gasteiger partial charge is 0.278 e. The Morgan fingerprint density at radius 2 is 2.13 bits per heavy atom. The van der Waals surface area contributed by atoms with Crippen LogP contribution in [0.25, 0.3) is 0 Å². The van der Waals surface area contributed by atoms with Crippen molar-refractivity contribution in [3.05, 3.63) is 39.6 Å². The van der Waals surface area contributed by atoms with E-state index >= 15 is 0 Å². The lowest BCUT2D eigenvalue weighted by molar-refractivity contribution is 0.195. The van der Waals surface area contributed by atoms with Crippen LogP contribution in [-0.2, 0) is 6.42 Å². The maximum absolute atomic E-state index is 5.71. The van der Waals surface area contributed by atoms with Gasteiger partial charge in [-0.25, -0.2) is 0 Å². The van der Waals surface area contributed by atoms with Crippen LogP contribution in [0, 0.1) is 3.90 Å². The first kappa shape index (κ1) is 9.14. The minimum atomic E-state index is -0.126. The summed E-state index contributed by atoms with van der Waals surface area (Å²) in [4.78, 5) is 0. The average Bonchev–Trinajstić information content (AvgIpc) is 2.82. The number of nitrogens with zero attached hydrogens (tertiary/aromatic N) is 2. The van der Waals surface area contributed by atoms with Crippen LogP contribution in [0.15, 0.2) is 28.7 Å². The quantitative estimate of drug-likeness (QED) is 0.758. The molecule has 0 saturated heterocycles. The molecule has 1 atom stereocenters. The molecule has 0 amide bonds. The molecule has 2 heterocycles. The summed E-state index contributed by atoms with van der Waals surface area (Å²) in [5.41, 5.74) is 1.19. The van der Waals surface area contributed by atoms with Gasteiger partial charge in [0, 0.05) is 29.0 Å². The predicted octanol–water partition coefficient (Wildman–Crippen LogP) is 2.35.